The van der Waals surface area contributed by atoms with Crippen molar-refractivity contribution < 1.29 is 13.8 Å². The van der Waals surface area contributed by atoms with Gasteiger partial charge in [-0.2, -0.15) is 0 Å². The van der Waals surface area contributed by atoms with E-state index in [2.05, 4.69) is 55.9 Å². The van der Waals surface area contributed by atoms with Crippen molar-refractivity contribution in [1.82, 2.24) is 25.5 Å². The number of hydrogen-bond acceptors (Lipinski definition) is 7. The third kappa shape index (κ3) is 6.16. The highest BCUT2D eigenvalue weighted by molar-refractivity contribution is 6.30. The Morgan fingerprint density at radius 2 is 1.65 bits per heavy atom. The number of aryl methyl sites for hydroxylation is 4. The fourth-order valence-electron chi connectivity index (χ4n) is 7.25. The van der Waals surface area contributed by atoms with E-state index in [0.29, 0.717) is 13.1 Å². The van der Waals surface area contributed by atoms with Crippen LogP contribution in [0.5, 0.6) is 0 Å². The van der Waals surface area contributed by atoms with Crippen LogP contribution in [0.15, 0.2) is 75.9 Å². The molecule has 0 radical (unpaired) electrons. The lowest BCUT2D eigenvalue weighted by Crippen LogP contribution is -2.47. The molecule has 1 fully saturated rings. The second kappa shape index (κ2) is 13.1. The van der Waals surface area contributed by atoms with Crippen LogP contribution in [-0.4, -0.2) is 52.4 Å². The summed E-state index contributed by atoms with van der Waals surface area (Å²) in [5.74, 6) is 1.52. The first kappa shape index (κ1) is 31.8. The number of urea groups is 1. The van der Waals surface area contributed by atoms with Gasteiger partial charge in [0.15, 0.2) is 0 Å². The first-order chi connectivity index (χ1) is 23.2. The molecule has 0 bridgehead atoms. The van der Waals surface area contributed by atoms with Crippen molar-refractivity contribution in [3.63, 3.8) is 0 Å². The zero-order valence-corrected chi connectivity index (χ0v) is 28.5. The van der Waals surface area contributed by atoms with Gasteiger partial charge in [0, 0.05) is 47.5 Å². The summed E-state index contributed by atoms with van der Waals surface area (Å²) in [6.07, 6.45) is 8.03. The molecule has 48 heavy (non-hydrogen) atoms. The summed E-state index contributed by atoms with van der Waals surface area (Å²) >= 11 is 6.05. The molecular formula is C38H39ClN6O3. The third-order valence-electron chi connectivity index (χ3n) is 9.80. The Kier molecular flexibility index (Phi) is 8.66. The zero-order valence-electron chi connectivity index (χ0n) is 27.7. The normalized spacial score (nSPS) is 15.8. The molecule has 0 unspecified atom stereocenters. The van der Waals surface area contributed by atoms with Crippen LogP contribution in [0.1, 0.15) is 52.4 Å². The molecule has 0 saturated carbocycles. The van der Waals surface area contributed by atoms with E-state index in [9.17, 15) is 4.79 Å². The van der Waals surface area contributed by atoms with Gasteiger partial charge in [-0.25, -0.2) is 4.79 Å². The predicted molar refractivity (Wildman–Crippen MR) is 188 cm³/mol. The van der Waals surface area contributed by atoms with Gasteiger partial charge in [-0.15, -0.1) is 0 Å². The Morgan fingerprint density at radius 1 is 0.938 bits per heavy atom. The van der Waals surface area contributed by atoms with E-state index < -0.39 is 0 Å². The number of halogens is 1. The summed E-state index contributed by atoms with van der Waals surface area (Å²) in [5.41, 5.74) is 9.55. The number of hydrogen-bond donors (Lipinski definition) is 1. The summed E-state index contributed by atoms with van der Waals surface area (Å²) < 4.78 is 10.9. The number of pyridine rings is 1. The van der Waals surface area contributed by atoms with Gasteiger partial charge in [0.05, 0.1) is 22.6 Å². The highest BCUT2D eigenvalue weighted by Gasteiger charge is 2.46. The van der Waals surface area contributed by atoms with Crippen LogP contribution in [0.4, 0.5) is 10.5 Å². The van der Waals surface area contributed by atoms with Crippen LogP contribution >= 0.6 is 11.6 Å². The molecule has 2 aliphatic heterocycles. The molecule has 246 valence electrons. The number of piperidine rings is 1. The van der Waals surface area contributed by atoms with E-state index in [1.54, 1.807) is 6.20 Å². The molecule has 7 rings (SSSR count). The van der Waals surface area contributed by atoms with Crippen LogP contribution in [0.25, 0.3) is 28.5 Å². The smallest absolute Gasteiger partial charge is 0.322 e. The molecule has 10 heteroatoms. The maximum atomic E-state index is 13.9. The van der Waals surface area contributed by atoms with Gasteiger partial charge in [0.2, 0.25) is 0 Å². The van der Waals surface area contributed by atoms with Crippen LogP contribution in [0.3, 0.4) is 0 Å². The Morgan fingerprint density at radius 3 is 2.33 bits per heavy atom. The number of carbonyl (C=O) groups is 1. The maximum absolute atomic E-state index is 13.9. The monoisotopic (exact) mass is 662 g/mol. The number of nitrogens with zero attached hydrogens (tertiary/aromatic N) is 5. The van der Waals surface area contributed by atoms with Gasteiger partial charge in [-0.3, -0.25) is 14.8 Å². The summed E-state index contributed by atoms with van der Waals surface area (Å²) in [6, 6.07) is 18.1. The van der Waals surface area contributed by atoms with Gasteiger partial charge >= 0.3 is 6.03 Å². The number of anilines is 1. The SMILES string of the molecule is Cc1noc(C)c1-c1ccc2c(c1)C1(CCN(C/C=C/c3ccc(Cl)cc3)CC1)CN2C(=O)NCc1ccnc(-c2c(C)noc2C)c1. The quantitative estimate of drug-likeness (QED) is 0.188. The molecule has 0 aliphatic carbocycles. The van der Waals surface area contributed by atoms with E-state index >= 15 is 0 Å². The molecule has 5 heterocycles. The fraction of sp³-hybridized carbons (Fsp3) is 0.316. The van der Waals surface area contributed by atoms with Gasteiger partial charge in [0.1, 0.15) is 11.5 Å². The van der Waals surface area contributed by atoms with Crippen LogP contribution in [0.2, 0.25) is 5.02 Å². The van der Waals surface area contributed by atoms with Crippen LogP contribution in [0, 0.1) is 27.7 Å². The van der Waals surface area contributed by atoms with E-state index in [1.807, 2.05) is 69.0 Å². The van der Waals surface area contributed by atoms with Crippen molar-refractivity contribution in [2.24, 2.45) is 0 Å². The lowest BCUT2D eigenvalue weighted by Gasteiger charge is -2.39. The number of nitrogens with one attached hydrogen (secondary N) is 1. The topological polar surface area (TPSA) is 101 Å². The Hall–Kier alpha value is -4.73. The minimum absolute atomic E-state index is 0.109. The third-order valence-corrected chi connectivity index (χ3v) is 10.1. The van der Waals surface area contributed by atoms with Crippen molar-refractivity contribution >= 4 is 29.4 Å². The molecule has 3 aromatic heterocycles. The van der Waals surface area contributed by atoms with Gasteiger partial charge < -0.3 is 14.4 Å². The van der Waals surface area contributed by atoms with Crippen LogP contribution in [-0.2, 0) is 12.0 Å². The van der Waals surface area contributed by atoms with E-state index in [0.717, 1.165) is 99.6 Å². The zero-order chi connectivity index (χ0) is 33.4. The van der Waals surface area contributed by atoms with E-state index in [4.69, 9.17) is 20.6 Å². The lowest BCUT2D eigenvalue weighted by molar-refractivity contribution is 0.180. The minimum atomic E-state index is -0.148. The number of carbonyl (C=O) groups excluding carboxylic acids is 1. The minimum Gasteiger partial charge on any atom is -0.361 e. The molecule has 9 nitrogen and oxygen atoms in total. The second-order valence-corrected chi connectivity index (χ2v) is 13.4. The van der Waals surface area contributed by atoms with Crippen molar-refractivity contribution in [2.75, 3.05) is 31.1 Å². The number of aromatic nitrogens is 3. The summed E-state index contributed by atoms with van der Waals surface area (Å²) in [7, 11) is 0. The van der Waals surface area contributed by atoms with Gasteiger partial charge in [-0.05, 0) is 112 Å². The Bertz CT molecular complexity index is 1950. The number of benzene rings is 2. The average Bonchev–Trinajstić information content (AvgIpc) is 3.72. The number of amides is 2. The average molecular weight is 663 g/mol. The van der Waals surface area contributed by atoms with Gasteiger partial charge in [-0.1, -0.05) is 52.3 Å². The molecule has 1 spiro atoms. The lowest BCUT2D eigenvalue weighted by atomic mass is 9.73. The Balaban J connectivity index is 1.10. The van der Waals surface area contributed by atoms with Crippen LogP contribution < -0.4 is 10.2 Å². The molecule has 0 atom stereocenters. The summed E-state index contributed by atoms with van der Waals surface area (Å²) in [6.45, 7) is 11.5. The molecule has 2 aliphatic rings. The van der Waals surface area contributed by atoms with Crippen molar-refractivity contribution in [1.29, 1.82) is 0 Å². The maximum Gasteiger partial charge on any atom is 0.322 e. The molecule has 2 aromatic carbocycles. The molecule has 2 amide bonds. The van der Waals surface area contributed by atoms with E-state index in [-0.39, 0.29) is 11.4 Å². The molecule has 1 N–H and O–H groups in total. The standard InChI is InChI=1S/C38H39ClN6O3/c1-24-35(26(3)47-42-24)30-9-12-34-32(21-30)38(14-18-44(19-15-38)17-5-6-28-7-10-31(39)11-8-28)23-45(34)37(46)41-22-29-13-16-40-33(20-29)36-25(2)43-48-27(36)4/h5-13,16,20-21H,14-15,17-19,22-23H2,1-4H3,(H,41,46)/b6-5+. The van der Waals surface area contributed by atoms with Crippen molar-refractivity contribution in [2.45, 2.75) is 52.5 Å². The number of likely N-dealkylation sites (tertiary alicyclic amines) is 1. The first-order valence-electron chi connectivity index (χ1n) is 16.4. The van der Waals surface area contributed by atoms with E-state index in [1.165, 1.54) is 5.56 Å². The molecular weight excluding hydrogens is 624 g/mol. The number of rotatable bonds is 7. The molecule has 1 saturated heterocycles. The van der Waals surface area contributed by atoms with Gasteiger partial charge in [0.25, 0.3) is 0 Å². The Labute approximate surface area is 285 Å². The van der Waals surface area contributed by atoms with Crippen molar-refractivity contribution in [3.8, 4) is 22.4 Å². The highest BCUT2D eigenvalue weighted by Crippen LogP contribution is 2.48. The van der Waals surface area contributed by atoms with Crippen molar-refractivity contribution in [3.05, 3.63) is 111 Å². The molecule has 5 aromatic rings. The summed E-state index contributed by atoms with van der Waals surface area (Å²) in [4.78, 5) is 22.9. The second-order valence-electron chi connectivity index (χ2n) is 13.0. The summed E-state index contributed by atoms with van der Waals surface area (Å²) in [5, 5.41) is 12.2. The number of fused-ring (bicyclic) bond motifs is 2. The first-order valence-corrected chi connectivity index (χ1v) is 16.7. The predicted octanol–water partition coefficient (Wildman–Crippen LogP) is 8.06. The largest absolute Gasteiger partial charge is 0.361 e. The fourth-order valence-corrected chi connectivity index (χ4v) is 7.37. The highest BCUT2D eigenvalue weighted by atomic mass is 35.5.